The molecule has 0 aliphatic carbocycles. The number of nitrogens with zero attached hydrogens (tertiary/aromatic N) is 5. The van der Waals surface area contributed by atoms with Crippen LogP contribution in [0.4, 0.5) is 5.82 Å². The van der Waals surface area contributed by atoms with Gasteiger partial charge in [-0.05, 0) is 36.6 Å². The van der Waals surface area contributed by atoms with Crippen LogP contribution < -0.4 is 5.32 Å². The number of carbonyl (C=O) groups is 1. The van der Waals surface area contributed by atoms with Crippen molar-refractivity contribution in [3.8, 4) is 0 Å². The quantitative estimate of drug-likeness (QED) is 0.458. The van der Waals surface area contributed by atoms with Gasteiger partial charge in [0.05, 0.1) is 12.1 Å². The summed E-state index contributed by atoms with van der Waals surface area (Å²) in [6, 6.07) is 14.9. The summed E-state index contributed by atoms with van der Waals surface area (Å²) in [7, 11) is -3.59. The Morgan fingerprint density at radius 2 is 1.82 bits per heavy atom. The number of anilines is 1. The van der Waals surface area contributed by atoms with Crippen LogP contribution in [-0.4, -0.2) is 51.5 Å². The molecule has 4 heterocycles. The van der Waals surface area contributed by atoms with E-state index in [0.29, 0.717) is 25.2 Å². The Balaban J connectivity index is 1.19. The molecule has 0 bridgehead atoms. The van der Waals surface area contributed by atoms with Crippen LogP contribution in [0.25, 0.3) is 10.9 Å². The molecule has 174 valence electrons. The lowest BCUT2D eigenvalue weighted by Crippen LogP contribution is -2.41. The Kier molecular flexibility index (Phi) is 6.08. The van der Waals surface area contributed by atoms with Gasteiger partial charge in [0.1, 0.15) is 4.90 Å². The molecule has 34 heavy (non-hydrogen) atoms. The first-order valence-corrected chi connectivity index (χ1v) is 12.5. The van der Waals surface area contributed by atoms with Gasteiger partial charge < -0.3 is 5.32 Å². The van der Waals surface area contributed by atoms with Crippen molar-refractivity contribution in [1.29, 1.82) is 0 Å². The van der Waals surface area contributed by atoms with Crippen molar-refractivity contribution < 1.29 is 13.2 Å². The number of fused-ring (bicyclic) bond motifs is 1. The van der Waals surface area contributed by atoms with E-state index in [1.54, 1.807) is 23.0 Å². The topological polar surface area (TPSA) is 110 Å². The highest BCUT2D eigenvalue weighted by atomic mass is 32.2. The lowest BCUT2D eigenvalue weighted by molar-refractivity contribution is -0.120. The summed E-state index contributed by atoms with van der Waals surface area (Å²) in [5, 5.41) is 8.43. The van der Waals surface area contributed by atoms with E-state index in [-0.39, 0.29) is 29.8 Å². The summed E-state index contributed by atoms with van der Waals surface area (Å²) >= 11 is 0. The molecule has 0 radical (unpaired) electrons. The molecule has 5 rings (SSSR count). The Hall–Kier alpha value is -3.63. The normalized spacial score (nSPS) is 15.4. The highest BCUT2D eigenvalue weighted by molar-refractivity contribution is 7.89. The van der Waals surface area contributed by atoms with Crippen molar-refractivity contribution in [2.24, 2.45) is 5.92 Å². The minimum Gasteiger partial charge on any atom is -0.309 e. The maximum absolute atomic E-state index is 12.8. The Labute approximate surface area is 197 Å². The van der Waals surface area contributed by atoms with Crippen LogP contribution in [0, 0.1) is 5.92 Å². The minimum absolute atomic E-state index is 0.143. The highest BCUT2D eigenvalue weighted by Crippen LogP contribution is 2.24. The fourth-order valence-electron chi connectivity index (χ4n) is 4.22. The van der Waals surface area contributed by atoms with Crippen LogP contribution in [0.3, 0.4) is 0 Å². The third-order valence-corrected chi connectivity index (χ3v) is 7.92. The molecule has 10 heteroatoms. The number of sulfonamides is 1. The Morgan fingerprint density at radius 3 is 2.62 bits per heavy atom. The van der Waals surface area contributed by atoms with Gasteiger partial charge in [-0.25, -0.2) is 8.42 Å². The largest absolute Gasteiger partial charge is 0.309 e. The van der Waals surface area contributed by atoms with Gasteiger partial charge in [-0.1, -0.05) is 24.3 Å². The highest BCUT2D eigenvalue weighted by Gasteiger charge is 2.32. The molecular weight excluding hydrogens is 452 g/mol. The number of carbonyl (C=O) groups excluding carboxylic acids is 1. The summed E-state index contributed by atoms with van der Waals surface area (Å²) in [5.74, 6) is 0.0619. The van der Waals surface area contributed by atoms with Crippen LogP contribution in [0.15, 0.2) is 78.2 Å². The molecule has 0 spiro atoms. The van der Waals surface area contributed by atoms with Crippen molar-refractivity contribution in [3.05, 3.63) is 78.9 Å². The van der Waals surface area contributed by atoms with Crippen LogP contribution >= 0.6 is 0 Å². The zero-order valence-electron chi connectivity index (χ0n) is 18.4. The first-order valence-electron chi connectivity index (χ1n) is 11.1. The number of piperidine rings is 1. The fourth-order valence-corrected chi connectivity index (χ4v) is 5.66. The number of nitrogens with one attached hydrogen (secondary N) is 1. The van der Waals surface area contributed by atoms with E-state index in [2.05, 4.69) is 20.4 Å². The summed E-state index contributed by atoms with van der Waals surface area (Å²) in [4.78, 5) is 21.3. The second-order valence-electron chi connectivity index (χ2n) is 8.25. The second kappa shape index (κ2) is 9.32. The first kappa shape index (κ1) is 22.2. The second-order valence-corrected chi connectivity index (χ2v) is 10.2. The molecule has 1 saturated heterocycles. The summed E-state index contributed by atoms with van der Waals surface area (Å²) in [5.41, 5.74) is 1.97. The average Bonchev–Trinajstić information content (AvgIpc) is 3.31. The van der Waals surface area contributed by atoms with Crippen molar-refractivity contribution in [1.82, 2.24) is 24.1 Å². The molecule has 3 aromatic heterocycles. The number of aromatic nitrogens is 4. The van der Waals surface area contributed by atoms with Gasteiger partial charge in [0.15, 0.2) is 5.82 Å². The molecule has 4 aromatic rings. The minimum atomic E-state index is -3.59. The van der Waals surface area contributed by atoms with Gasteiger partial charge in [-0.3, -0.25) is 19.4 Å². The predicted molar refractivity (Wildman–Crippen MR) is 127 cm³/mol. The Bertz CT molecular complexity index is 1410. The van der Waals surface area contributed by atoms with Gasteiger partial charge in [-0.15, -0.1) is 0 Å². The molecule has 1 aliphatic rings. The van der Waals surface area contributed by atoms with E-state index in [0.717, 1.165) is 16.5 Å². The molecule has 0 atom stereocenters. The van der Waals surface area contributed by atoms with Crippen LogP contribution in [-0.2, 0) is 21.4 Å². The van der Waals surface area contributed by atoms with Gasteiger partial charge in [0.25, 0.3) is 0 Å². The number of hydrogen-bond acceptors (Lipinski definition) is 6. The van der Waals surface area contributed by atoms with E-state index in [1.807, 2.05) is 36.5 Å². The monoisotopic (exact) mass is 476 g/mol. The molecule has 0 unspecified atom stereocenters. The van der Waals surface area contributed by atoms with E-state index < -0.39 is 10.0 Å². The van der Waals surface area contributed by atoms with E-state index >= 15 is 0 Å². The summed E-state index contributed by atoms with van der Waals surface area (Å²) < 4.78 is 28.7. The van der Waals surface area contributed by atoms with E-state index in [1.165, 1.54) is 22.8 Å². The van der Waals surface area contributed by atoms with Crippen molar-refractivity contribution in [2.45, 2.75) is 24.3 Å². The van der Waals surface area contributed by atoms with Crippen LogP contribution in [0.5, 0.6) is 0 Å². The van der Waals surface area contributed by atoms with Crippen LogP contribution in [0.1, 0.15) is 18.4 Å². The third-order valence-electron chi connectivity index (χ3n) is 6.04. The number of benzene rings is 1. The molecule has 1 fully saturated rings. The van der Waals surface area contributed by atoms with Crippen molar-refractivity contribution in [2.75, 3.05) is 18.4 Å². The molecule has 1 aliphatic heterocycles. The molecular formula is C24H24N6O3S. The number of para-hydroxylation sites is 1. The van der Waals surface area contributed by atoms with Gasteiger partial charge in [-0.2, -0.15) is 9.40 Å². The first-order chi connectivity index (χ1) is 16.5. The maximum Gasteiger partial charge on any atom is 0.244 e. The van der Waals surface area contributed by atoms with E-state index in [4.69, 9.17) is 0 Å². The molecule has 1 aromatic carbocycles. The number of hydrogen-bond donors (Lipinski definition) is 1. The lowest BCUT2D eigenvalue weighted by atomic mass is 9.97. The molecule has 1 N–H and O–H groups in total. The molecule has 9 nitrogen and oxygen atoms in total. The molecule has 1 amide bonds. The zero-order chi connectivity index (χ0) is 23.5. The zero-order valence-corrected chi connectivity index (χ0v) is 19.2. The fraction of sp³-hybridized carbons (Fsp3) is 0.250. The maximum atomic E-state index is 12.8. The summed E-state index contributed by atoms with van der Waals surface area (Å²) in [6.07, 6.45) is 7.38. The predicted octanol–water partition coefficient (Wildman–Crippen LogP) is 2.91. The lowest BCUT2D eigenvalue weighted by Gasteiger charge is -2.30. The number of rotatable bonds is 6. The standard InChI is InChI=1S/C24H24N6O3S/c31-24(19-8-14-30(15-9-19)34(32,33)21-7-3-11-25-16-21)27-22-10-13-29(28-22)17-20-5-1-4-18-6-2-12-26-23(18)20/h1-7,10-13,16,19H,8-9,14-15,17H2,(H,27,28,31). The Morgan fingerprint density at radius 1 is 1.03 bits per heavy atom. The van der Waals surface area contributed by atoms with E-state index in [9.17, 15) is 13.2 Å². The average molecular weight is 477 g/mol. The van der Waals surface area contributed by atoms with Gasteiger partial charge in [0, 0.05) is 55.2 Å². The third kappa shape index (κ3) is 4.55. The molecule has 0 saturated carbocycles. The smallest absolute Gasteiger partial charge is 0.244 e. The van der Waals surface area contributed by atoms with Gasteiger partial charge in [0.2, 0.25) is 15.9 Å². The number of pyridine rings is 2. The van der Waals surface area contributed by atoms with Crippen molar-refractivity contribution in [3.63, 3.8) is 0 Å². The van der Waals surface area contributed by atoms with Crippen LogP contribution in [0.2, 0.25) is 0 Å². The van der Waals surface area contributed by atoms with Crippen molar-refractivity contribution >= 4 is 32.7 Å². The van der Waals surface area contributed by atoms with Gasteiger partial charge >= 0.3 is 0 Å². The SMILES string of the molecule is O=C(Nc1ccn(Cc2cccc3cccnc23)n1)C1CCN(S(=O)(=O)c2cccnc2)CC1. The number of amides is 1. The summed E-state index contributed by atoms with van der Waals surface area (Å²) in [6.45, 7) is 1.12.